The van der Waals surface area contributed by atoms with Crippen molar-refractivity contribution in [3.05, 3.63) is 42.5 Å². The third-order valence-electron chi connectivity index (χ3n) is 4.32. The van der Waals surface area contributed by atoms with Crippen LogP contribution in [0.4, 0.5) is 5.95 Å². The summed E-state index contributed by atoms with van der Waals surface area (Å²) < 4.78 is 1.83. The van der Waals surface area contributed by atoms with Gasteiger partial charge in [0.2, 0.25) is 5.95 Å². The van der Waals surface area contributed by atoms with Crippen molar-refractivity contribution in [2.24, 2.45) is 7.05 Å². The van der Waals surface area contributed by atoms with Crippen LogP contribution in [0, 0.1) is 0 Å². The molecule has 1 N–H and O–H groups in total. The van der Waals surface area contributed by atoms with Gasteiger partial charge in [0.05, 0.1) is 0 Å². The second kappa shape index (κ2) is 7.92. The molecule has 0 aromatic carbocycles. The van der Waals surface area contributed by atoms with E-state index < -0.39 is 0 Å². The molecule has 3 rings (SSSR count). The lowest BCUT2D eigenvalue weighted by Crippen LogP contribution is -2.47. The summed E-state index contributed by atoms with van der Waals surface area (Å²) in [7, 11) is 1.88. The standard InChI is InChI=1S/C17H24N6O/c1-21-9-2-5-15(21)16(24)18-8-4-10-22-11-13-23(14-12-22)17-19-6-3-7-20-17/h2-3,5-7,9H,4,8,10-14H2,1H3,(H,18,24). The van der Waals surface area contributed by atoms with E-state index >= 15 is 0 Å². The minimum atomic E-state index is -0.00598. The van der Waals surface area contributed by atoms with Crippen LogP contribution < -0.4 is 10.2 Å². The summed E-state index contributed by atoms with van der Waals surface area (Å²) in [5, 5.41) is 2.98. The van der Waals surface area contributed by atoms with Crippen LogP contribution >= 0.6 is 0 Å². The molecule has 0 unspecified atom stereocenters. The second-order valence-corrected chi connectivity index (χ2v) is 5.99. The Balaban J connectivity index is 1.34. The number of carbonyl (C=O) groups is 1. The number of rotatable bonds is 6. The molecular formula is C17H24N6O. The van der Waals surface area contributed by atoms with Gasteiger partial charge in [-0.1, -0.05) is 0 Å². The number of amides is 1. The Morgan fingerprint density at radius 1 is 1.17 bits per heavy atom. The minimum Gasteiger partial charge on any atom is -0.351 e. The molecule has 128 valence electrons. The second-order valence-electron chi connectivity index (χ2n) is 5.99. The van der Waals surface area contributed by atoms with Gasteiger partial charge in [0.15, 0.2) is 0 Å². The van der Waals surface area contributed by atoms with Crippen LogP contribution in [0.5, 0.6) is 0 Å². The van der Waals surface area contributed by atoms with Crippen molar-refractivity contribution in [1.29, 1.82) is 0 Å². The highest BCUT2D eigenvalue weighted by molar-refractivity contribution is 5.92. The largest absolute Gasteiger partial charge is 0.351 e. The number of piperazine rings is 1. The molecular weight excluding hydrogens is 304 g/mol. The van der Waals surface area contributed by atoms with Gasteiger partial charge >= 0.3 is 0 Å². The molecule has 2 aromatic rings. The maximum absolute atomic E-state index is 12.0. The van der Waals surface area contributed by atoms with Crippen LogP contribution in [0.3, 0.4) is 0 Å². The van der Waals surface area contributed by atoms with Crippen molar-refractivity contribution in [1.82, 2.24) is 24.8 Å². The number of aryl methyl sites for hydroxylation is 1. The summed E-state index contributed by atoms with van der Waals surface area (Å²) in [6.45, 7) is 5.59. The number of hydrogen-bond acceptors (Lipinski definition) is 5. The van der Waals surface area contributed by atoms with Crippen molar-refractivity contribution in [3.63, 3.8) is 0 Å². The van der Waals surface area contributed by atoms with E-state index in [1.54, 1.807) is 12.4 Å². The number of carbonyl (C=O) groups excluding carboxylic acids is 1. The van der Waals surface area contributed by atoms with E-state index in [-0.39, 0.29) is 5.91 Å². The quantitative estimate of drug-likeness (QED) is 0.793. The van der Waals surface area contributed by atoms with Crippen molar-refractivity contribution >= 4 is 11.9 Å². The van der Waals surface area contributed by atoms with Gasteiger partial charge in [0, 0.05) is 58.4 Å². The summed E-state index contributed by atoms with van der Waals surface area (Å²) in [5.41, 5.74) is 0.700. The Morgan fingerprint density at radius 2 is 1.92 bits per heavy atom. The predicted molar refractivity (Wildman–Crippen MR) is 93.0 cm³/mol. The van der Waals surface area contributed by atoms with Gasteiger partial charge in [-0.05, 0) is 31.2 Å². The highest BCUT2D eigenvalue weighted by Crippen LogP contribution is 2.09. The fourth-order valence-corrected chi connectivity index (χ4v) is 2.92. The van der Waals surface area contributed by atoms with Crippen LogP contribution in [-0.4, -0.2) is 64.6 Å². The molecule has 0 saturated carbocycles. The first kappa shape index (κ1) is 16.4. The number of anilines is 1. The Labute approximate surface area is 142 Å². The maximum Gasteiger partial charge on any atom is 0.267 e. The minimum absolute atomic E-state index is 0.00598. The number of nitrogens with zero attached hydrogens (tertiary/aromatic N) is 5. The van der Waals surface area contributed by atoms with Crippen LogP contribution in [-0.2, 0) is 7.05 Å². The van der Waals surface area contributed by atoms with Gasteiger partial charge in [-0.3, -0.25) is 9.69 Å². The number of hydrogen-bond donors (Lipinski definition) is 1. The zero-order valence-electron chi connectivity index (χ0n) is 14.1. The Morgan fingerprint density at radius 3 is 2.58 bits per heavy atom. The van der Waals surface area contributed by atoms with Gasteiger partial charge in [-0.2, -0.15) is 0 Å². The molecule has 0 aliphatic carbocycles. The fraction of sp³-hybridized carbons (Fsp3) is 0.471. The first-order valence-electron chi connectivity index (χ1n) is 8.38. The third-order valence-corrected chi connectivity index (χ3v) is 4.32. The van der Waals surface area contributed by atoms with Crippen molar-refractivity contribution < 1.29 is 4.79 Å². The van der Waals surface area contributed by atoms with Gasteiger partial charge in [-0.25, -0.2) is 9.97 Å². The highest BCUT2D eigenvalue weighted by Gasteiger charge is 2.18. The molecule has 24 heavy (non-hydrogen) atoms. The van der Waals surface area contributed by atoms with Crippen molar-refractivity contribution in [2.45, 2.75) is 6.42 Å². The topological polar surface area (TPSA) is 66.3 Å². The molecule has 1 aliphatic rings. The summed E-state index contributed by atoms with van der Waals surface area (Å²) in [4.78, 5) is 25.3. The lowest BCUT2D eigenvalue weighted by Gasteiger charge is -2.34. The lowest BCUT2D eigenvalue weighted by atomic mass is 10.3. The average Bonchev–Trinajstić information content (AvgIpc) is 3.06. The molecule has 7 nitrogen and oxygen atoms in total. The van der Waals surface area contributed by atoms with E-state index in [1.165, 1.54) is 0 Å². The molecule has 0 atom stereocenters. The van der Waals surface area contributed by atoms with Gasteiger partial charge < -0.3 is 14.8 Å². The Hall–Kier alpha value is -2.41. The Kier molecular flexibility index (Phi) is 5.43. The molecule has 0 spiro atoms. The summed E-state index contributed by atoms with van der Waals surface area (Å²) in [6.07, 6.45) is 6.40. The number of aromatic nitrogens is 3. The van der Waals surface area contributed by atoms with Crippen molar-refractivity contribution in [3.8, 4) is 0 Å². The van der Waals surface area contributed by atoms with Gasteiger partial charge in [0.25, 0.3) is 5.91 Å². The van der Waals surface area contributed by atoms with Gasteiger partial charge in [0.1, 0.15) is 5.69 Å². The smallest absolute Gasteiger partial charge is 0.267 e. The summed E-state index contributed by atoms with van der Waals surface area (Å²) >= 11 is 0. The van der Waals surface area contributed by atoms with Crippen LogP contribution in [0.15, 0.2) is 36.8 Å². The average molecular weight is 328 g/mol. The van der Waals surface area contributed by atoms with E-state index in [9.17, 15) is 4.79 Å². The fourth-order valence-electron chi connectivity index (χ4n) is 2.92. The van der Waals surface area contributed by atoms with E-state index in [0.29, 0.717) is 12.2 Å². The third kappa shape index (κ3) is 4.11. The monoisotopic (exact) mass is 328 g/mol. The number of nitrogens with one attached hydrogen (secondary N) is 1. The van der Waals surface area contributed by atoms with E-state index in [1.807, 2.05) is 36.0 Å². The van der Waals surface area contributed by atoms with Crippen LogP contribution in [0.2, 0.25) is 0 Å². The highest BCUT2D eigenvalue weighted by atomic mass is 16.1. The molecule has 7 heteroatoms. The Bertz CT molecular complexity index is 648. The first-order chi connectivity index (χ1) is 11.7. The maximum atomic E-state index is 12.0. The molecule has 0 radical (unpaired) electrons. The first-order valence-corrected chi connectivity index (χ1v) is 8.38. The normalized spacial score (nSPS) is 15.5. The summed E-state index contributed by atoms with van der Waals surface area (Å²) in [6, 6.07) is 5.55. The van der Waals surface area contributed by atoms with E-state index in [0.717, 1.165) is 45.1 Å². The zero-order valence-corrected chi connectivity index (χ0v) is 14.1. The molecule has 1 amide bonds. The molecule has 3 heterocycles. The van der Waals surface area contributed by atoms with Crippen LogP contribution in [0.25, 0.3) is 0 Å². The summed E-state index contributed by atoms with van der Waals surface area (Å²) in [5.74, 6) is 0.806. The molecule has 1 saturated heterocycles. The zero-order chi connectivity index (χ0) is 16.8. The molecule has 2 aromatic heterocycles. The van der Waals surface area contributed by atoms with Crippen LogP contribution in [0.1, 0.15) is 16.9 Å². The molecule has 1 fully saturated rings. The van der Waals surface area contributed by atoms with Gasteiger partial charge in [-0.15, -0.1) is 0 Å². The van der Waals surface area contributed by atoms with Crippen molar-refractivity contribution in [2.75, 3.05) is 44.2 Å². The predicted octanol–water partition coefficient (Wildman–Crippen LogP) is 0.757. The SMILES string of the molecule is Cn1cccc1C(=O)NCCCN1CCN(c2ncccn2)CC1. The molecule has 0 bridgehead atoms. The lowest BCUT2D eigenvalue weighted by molar-refractivity contribution is 0.0943. The molecule has 1 aliphatic heterocycles. The van der Waals surface area contributed by atoms with E-state index in [4.69, 9.17) is 0 Å². The van der Waals surface area contributed by atoms with E-state index in [2.05, 4.69) is 25.1 Å².